The number of morpholine rings is 1. The summed E-state index contributed by atoms with van der Waals surface area (Å²) in [6, 6.07) is 15.7. The van der Waals surface area contributed by atoms with Gasteiger partial charge in [-0.1, -0.05) is 42.0 Å². The summed E-state index contributed by atoms with van der Waals surface area (Å²) in [7, 11) is 0. The average Bonchev–Trinajstić information content (AvgIpc) is 2.69. The summed E-state index contributed by atoms with van der Waals surface area (Å²) < 4.78 is 7.67. The summed E-state index contributed by atoms with van der Waals surface area (Å²) in [5, 5.41) is 0.658. The van der Waals surface area contributed by atoms with E-state index in [1.807, 2.05) is 24.3 Å². The van der Waals surface area contributed by atoms with Crippen molar-refractivity contribution in [3.05, 3.63) is 74.8 Å². The van der Waals surface area contributed by atoms with Gasteiger partial charge in [0.25, 0.3) is 5.56 Å². The molecule has 0 saturated carbocycles. The Labute approximate surface area is 163 Å². The average molecular weight is 382 g/mol. The van der Waals surface area contributed by atoms with E-state index in [0.29, 0.717) is 10.2 Å². The second kappa shape index (κ2) is 7.76. The van der Waals surface area contributed by atoms with Gasteiger partial charge in [-0.2, -0.15) is 0 Å². The summed E-state index contributed by atoms with van der Waals surface area (Å²) in [6.45, 7) is 5.96. The van der Waals surface area contributed by atoms with E-state index in [4.69, 9.17) is 17.0 Å². The minimum Gasteiger partial charge on any atom is -0.379 e. The predicted molar refractivity (Wildman–Crippen MR) is 110 cm³/mol. The molecule has 3 aromatic rings. The van der Waals surface area contributed by atoms with Gasteiger partial charge >= 0.3 is 0 Å². The fourth-order valence-electron chi connectivity index (χ4n) is 3.61. The first kappa shape index (κ1) is 18.1. The molecule has 5 nitrogen and oxygen atoms in total. The van der Waals surface area contributed by atoms with Crippen molar-refractivity contribution < 1.29 is 4.74 Å². The van der Waals surface area contributed by atoms with Crippen LogP contribution in [0.5, 0.6) is 0 Å². The van der Waals surface area contributed by atoms with Crippen molar-refractivity contribution in [1.29, 1.82) is 0 Å². The van der Waals surface area contributed by atoms with Gasteiger partial charge in [0.1, 0.15) is 0 Å². The normalized spacial score (nSPS) is 16.5. The van der Waals surface area contributed by atoms with Crippen LogP contribution in [0.4, 0.5) is 0 Å². The van der Waals surface area contributed by atoms with Crippen molar-refractivity contribution in [2.24, 2.45) is 0 Å². The topological polar surface area (TPSA) is 50.3 Å². The van der Waals surface area contributed by atoms with Gasteiger partial charge in [0.05, 0.1) is 30.2 Å². The molecule has 1 aliphatic rings. The second-order valence-electron chi connectivity index (χ2n) is 6.99. The molecule has 0 spiro atoms. The number of ether oxygens (including phenoxy) is 1. The SMILES string of the molecule is Cc1ccc(C(CN2CCOCC2)n2c(=S)[nH]c3ccccc3c2=O)cc1. The molecule has 2 heterocycles. The van der Waals surface area contributed by atoms with Gasteiger partial charge in [0, 0.05) is 19.6 Å². The standard InChI is InChI=1S/C21H23N3O2S/c1-15-6-8-16(9-7-15)19(14-23-10-12-26-13-11-23)24-20(25)17-4-2-3-5-18(17)22-21(24)27/h2-9,19H,10-14H2,1H3,(H,22,27). The molecule has 2 aromatic carbocycles. The maximum absolute atomic E-state index is 13.3. The monoisotopic (exact) mass is 381 g/mol. The lowest BCUT2D eigenvalue weighted by Gasteiger charge is -2.31. The van der Waals surface area contributed by atoms with Gasteiger partial charge in [-0.15, -0.1) is 0 Å². The highest BCUT2D eigenvalue weighted by molar-refractivity contribution is 7.71. The Morgan fingerprint density at radius 1 is 1.11 bits per heavy atom. The summed E-state index contributed by atoms with van der Waals surface area (Å²) in [5.74, 6) is 0. The van der Waals surface area contributed by atoms with Crippen molar-refractivity contribution in [3.8, 4) is 0 Å². The first-order valence-electron chi connectivity index (χ1n) is 9.24. The third-order valence-electron chi connectivity index (χ3n) is 5.15. The zero-order valence-corrected chi connectivity index (χ0v) is 16.2. The van der Waals surface area contributed by atoms with Crippen LogP contribution < -0.4 is 5.56 Å². The van der Waals surface area contributed by atoms with Crippen LogP contribution in [0.3, 0.4) is 0 Å². The molecule has 1 aromatic heterocycles. The van der Waals surface area contributed by atoms with Gasteiger partial charge in [-0.25, -0.2) is 0 Å². The molecule has 1 atom stereocenters. The van der Waals surface area contributed by atoms with Crippen LogP contribution in [0.25, 0.3) is 10.9 Å². The lowest BCUT2D eigenvalue weighted by molar-refractivity contribution is 0.0334. The summed E-state index contributed by atoms with van der Waals surface area (Å²) in [5.41, 5.74) is 3.01. The molecule has 4 rings (SSSR count). The van der Waals surface area contributed by atoms with Crippen LogP contribution in [-0.4, -0.2) is 47.3 Å². The third-order valence-corrected chi connectivity index (χ3v) is 5.44. The van der Waals surface area contributed by atoms with E-state index in [1.165, 1.54) is 5.56 Å². The van der Waals surface area contributed by atoms with E-state index in [1.54, 1.807) is 4.57 Å². The number of nitrogens with zero attached hydrogens (tertiary/aromatic N) is 2. The Hall–Kier alpha value is -2.28. The Morgan fingerprint density at radius 2 is 1.81 bits per heavy atom. The van der Waals surface area contributed by atoms with Crippen molar-refractivity contribution in [2.45, 2.75) is 13.0 Å². The first-order valence-corrected chi connectivity index (χ1v) is 9.64. The van der Waals surface area contributed by atoms with Crippen LogP contribution >= 0.6 is 12.2 Å². The van der Waals surface area contributed by atoms with Gasteiger partial charge in [0.2, 0.25) is 0 Å². The van der Waals surface area contributed by atoms with E-state index >= 15 is 0 Å². The molecule has 1 N–H and O–H groups in total. The molecule has 0 amide bonds. The number of nitrogens with one attached hydrogen (secondary N) is 1. The van der Waals surface area contributed by atoms with Crippen LogP contribution in [0.15, 0.2) is 53.3 Å². The molecular weight excluding hydrogens is 358 g/mol. The van der Waals surface area contributed by atoms with E-state index in [9.17, 15) is 4.79 Å². The number of aryl methyl sites for hydroxylation is 1. The van der Waals surface area contributed by atoms with Gasteiger partial charge in [0.15, 0.2) is 4.77 Å². The Morgan fingerprint density at radius 3 is 2.56 bits per heavy atom. The lowest BCUT2D eigenvalue weighted by Crippen LogP contribution is -2.42. The molecule has 1 aliphatic heterocycles. The number of aromatic nitrogens is 2. The number of benzene rings is 2. The summed E-state index contributed by atoms with van der Waals surface area (Å²) in [6.07, 6.45) is 0. The predicted octanol–water partition coefficient (Wildman–Crippen LogP) is 3.29. The Balaban J connectivity index is 1.85. The van der Waals surface area contributed by atoms with E-state index in [-0.39, 0.29) is 11.6 Å². The second-order valence-corrected chi connectivity index (χ2v) is 7.38. The molecule has 1 unspecified atom stereocenters. The zero-order valence-electron chi connectivity index (χ0n) is 15.4. The number of fused-ring (bicyclic) bond motifs is 1. The fourth-order valence-corrected chi connectivity index (χ4v) is 3.93. The lowest BCUT2D eigenvalue weighted by atomic mass is 10.0. The van der Waals surface area contributed by atoms with Crippen LogP contribution in [-0.2, 0) is 4.74 Å². The number of H-pyrrole nitrogens is 1. The highest BCUT2D eigenvalue weighted by atomic mass is 32.1. The van der Waals surface area contributed by atoms with Gasteiger partial charge in [-0.3, -0.25) is 14.3 Å². The smallest absolute Gasteiger partial charge is 0.262 e. The van der Waals surface area contributed by atoms with Crippen molar-refractivity contribution in [2.75, 3.05) is 32.8 Å². The number of hydrogen-bond acceptors (Lipinski definition) is 4. The van der Waals surface area contributed by atoms with Crippen molar-refractivity contribution in [3.63, 3.8) is 0 Å². The number of rotatable bonds is 4. The molecule has 0 bridgehead atoms. The molecule has 140 valence electrons. The Bertz CT molecular complexity index is 1050. The Kier molecular flexibility index (Phi) is 5.20. The highest BCUT2D eigenvalue weighted by Gasteiger charge is 2.22. The third kappa shape index (κ3) is 3.74. The molecule has 27 heavy (non-hydrogen) atoms. The van der Waals surface area contributed by atoms with Crippen molar-refractivity contribution >= 4 is 23.1 Å². The molecule has 0 radical (unpaired) electrons. The van der Waals surface area contributed by atoms with Crippen LogP contribution in [0.2, 0.25) is 0 Å². The minimum atomic E-state index is -0.149. The van der Waals surface area contributed by atoms with Crippen LogP contribution in [0, 0.1) is 11.7 Å². The van der Waals surface area contributed by atoms with Crippen molar-refractivity contribution in [1.82, 2.24) is 14.5 Å². The quantitative estimate of drug-likeness (QED) is 0.705. The zero-order chi connectivity index (χ0) is 18.8. The maximum atomic E-state index is 13.3. The molecule has 1 fully saturated rings. The molecule has 1 saturated heterocycles. The first-order chi connectivity index (χ1) is 13.1. The van der Waals surface area contributed by atoms with E-state index < -0.39 is 0 Å². The van der Waals surface area contributed by atoms with Gasteiger partial charge < -0.3 is 9.72 Å². The van der Waals surface area contributed by atoms with Crippen LogP contribution in [0.1, 0.15) is 17.2 Å². The highest BCUT2D eigenvalue weighted by Crippen LogP contribution is 2.21. The minimum absolute atomic E-state index is 0.0480. The van der Waals surface area contributed by atoms with E-state index in [0.717, 1.165) is 43.9 Å². The number of aromatic amines is 1. The van der Waals surface area contributed by atoms with E-state index in [2.05, 4.69) is 41.1 Å². The summed E-state index contributed by atoms with van der Waals surface area (Å²) >= 11 is 5.60. The number of para-hydroxylation sites is 1. The number of hydrogen-bond donors (Lipinski definition) is 1. The summed E-state index contributed by atoms with van der Waals surface area (Å²) in [4.78, 5) is 18.9. The maximum Gasteiger partial charge on any atom is 0.262 e. The molecule has 6 heteroatoms. The fraction of sp³-hybridized carbons (Fsp3) is 0.333. The molecule has 0 aliphatic carbocycles. The molecular formula is C21H23N3O2S. The largest absolute Gasteiger partial charge is 0.379 e. The van der Waals surface area contributed by atoms with Gasteiger partial charge in [-0.05, 0) is 36.8 Å².